The van der Waals surface area contributed by atoms with Gasteiger partial charge in [0.1, 0.15) is 3.72 Å². The van der Waals surface area contributed by atoms with Gasteiger partial charge in [0.15, 0.2) is 0 Å². The lowest BCUT2D eigenvalue weighted by molar-refractivity contribution is 1.29. The third-order valence-electron chi connectivity index (χ3n) is 0.698. The summed E-state index contributed by atoms with van der Waals surface area (Å²) < 4.78 is 2.44. The zero-order valence-electron chi connectivity index (χ0n) is 3.49. The van der Waals surface area contributed by atoms with Gasteiger partial charge in [0.05, 0.1) is 6.54 Å². The Hall–Kier alpha value is 0.870. The summed E-state index contributed by atoms with van der Waals surface area (Å²) in [6.07, 6.45) is 2.11. The average Bonchev–Trinajstić information content (AvgIpc) is 1.91. The van der Waals surface area contributed by atoms with E-state index in [1.807, 2.05) is 0 Å². The number of nitrogens with zero attached hydrogens (tertiary/aromatic N) is 1. The van der Waals surface area contributed by atoms with Crippen molar-refractivity contribution in [3.63, 3.8) is 0 Å². The lowest BCUT2D eigenvalue weighted by atomic mass is 10.6. The fourth-order valence-corrected chi connectivity index (χ4v) is 1.15. The van der Waals surface area contributed by atoms with Crippen LogP contribution >= 0.6 is 45.2 Å². The van der Waals surface area contributed by atoms with Crippen LogP contribution in [0.2, 0.25) is 0 Å². The average molecular weight is 319 g/mol. The molecule has 0 fully saturated rings. The maximum Gasteiger partial charge on any atom is 0.109 e. The molecule has 0 aromatic carbocycles. The van der Waals surface area contributed by atoms with Crippen molar-refractivity contribution in [1.82, 2.24) is 0 Å². The van der Waals surface area contributed by atoms with Crippen LogP contribution < -0.4 is 0 Å². The Kier molecular flexibility index (Phi) is 2.08. The summed E-state index contributed by atoms with van der Waals surface area (Å²) in [5.74, 6) is 0. The van der Waals surface area contributed by atoms with Crippen molar-refractivity contribution in [2.75, 3.05) is 6.54 Å². The molecule has 0 aliphatic carbocycles. The molecule has 0 bridgehead atoms. The van der Waals surface area contributed by atoms with Crippen LogP contribution in [0.15, 0.2) is 14.6 Å². The van der Waals surface area contributed by atoms with Crippen molar-refractivity contribution in [2.24, 2.45) is 4.99 Å². The second-order valence-corrected chi connectivity index (χ2v) is 3.37. The van der Waals surface area contributed by atoms with Gasteiger partial charge in [0.25, 0.3) is 0 Å². The Morgan fingerprint density at radius 2 is 2.29 bits per heavy atom. The van der Waals surface area contributed by atoms with E-state index in [9.17, 15) is 0 Å². The maximum absolute atomic E-state index is 4.12. The van der Waals surface area contributed by atoms with Crippen molar-refractivity contribution < 1.29 is 0 Å². The second-order valence-electron chi connectivity index (χ2n) is 1.18. The molecule has 1 heterocycles. The van der Waals surface area contributed by atoms with E-state index in [4.69, 9.17) is 0 Å². The first-order valence-corrected chi connectivity index (χ1v) is 4.02. The van der Waals surface area contributed by atoms with E-state index < -0.39 is 0 Å². The fourth-order valence-electron chi connectivity index (χ4n) is 0.366. The number of halogens is 2. The monoisotopic (exact) mass is 319 g/mol. The van der Waals surface area contributed by atoms with Crippen LogP contribution in [0.4, 0.5) is 0 Å². The molecule has 0 amide bonds. The molecule has 1 aliphatic heterocycles. The molecule has 1 nitrogen and oxygen atoms in total. The van der Waals surface area contributed by atoms with E-state index in [1.54, 1.807) is 0 Å². The molecule has 1 rings (SSSR count). The Bertz CT molecular complexity index is 121. The molecular weight excluding hydrogens is 316 g/mol. The zero-order chi connectivity index (χ0) is 5.28. The first kappa shape index (κ1) is 6.00. The molecule has 0 aromatic rings. The van der Waals surface area contributed by atoms with E-state index in [-0.39, 0.29) is 0 Å². The SMILES string of the molecule is IC1=CCN=C1I. The van der Waals surface area contributed by atoms with Gasteiger partial charge in [-0.25, -0.2) is 0 Å². The summed E-state index contributed by atoms with van der Waals surface area (Å²) in [4.78, 5) is 4.12. The molecule has 0 N–H and O–H groups in total. The van der Waals surface area contributed by atoms with Crippen molar-refractivity contribution in [3.05, 3.63) is 9.66 Å². The third kappa shape index (κ3) is 1.38. The molecule has 0 aromatic heterocycles. The summed E-state index contributed by atoms with van der Waals surface area (Å²) >= 11 is 4.51. The molecule has 0 atom stereocenters. The van der Waals surface area contributed by atoms with Gasteiger partial charge in [0, 0.05) is 3.58 Å². The maximum atomic E-state index is 4.12. The first-order valence-electron chi connectivity index (χ1n) is 1.86. The lowest BCUT2D eigenvalue weighted by Gasteiger charge is -1.80. The quantitative estimate of drug-likeness (QED) is 0.607. The summed E-state index contributed by atoms with van der Waals surface area (Å²) in [6.45, 7) is 0.885. The van der Waals surface area contributed by atoms with Crippen molar-refractivity contribution in [2.45, 2.75) is 0 Å². The van der Waals surface area contributed by atoms with Gasteiger partial charge in [0.2, 0.25) is 0 Å². The fraction of sp³-hybridized carbons (Fsp3) is 0.250. The molecule has 3 heteroatoms. The number of aliphatic imine (C=N–C) groups is 1. The summed E-state index contributed by atoms with van der Waals surface area (Å²) in [5.41, 5.74) is 0. The lowest BCUT2D eigenvalue weighted by Crippen LogP contribution is -1.73. The van der Waals surface area contributed by atoms with Crippen LogP contribution in [0, 0.1) is 0 Å². The van der Waals surface area contributed by atoms with E-state index in [1.165, 1.54) is 3.58 Å². The molecule has 38 valence electrons. The van der Waals surface area contributed by atoms with Gasteiger partial charge < -0.3 is 0 Å². The van der Waals surface area contributed by atoms with Gasteiger partial charge in [-0.1, -0.05) is 0 Å². The zero-order valence-corrected chi connectivity index (χ0v) is 7.80. The number of hydrogen-bond acceptors (Lipinski definition) is 1. The van der Waals surface area contributed by atoms with Gasteiger partial charge in [-0.2, -0.15) is 0 Å². The minimum Gasteiger partial charge on any atom is -0.274 e. The largest absolute Gasteiger partial charge is 0.274 e. The minimum absolute atomic E-state index is 0.885. The van der Waals surface area contributed by atoms with Gasteiger partial charge in [-0.05, 0) is 51.3 Å². The van der Waals surface area contributed by atoms with Crippen LogP contribution in [0.1, 0.15) is 0 Å². The number of hydrogen-bond donors (Lipinski definition) is 0. The molecule has 0 spiro atoms. The molecular formula is C4H3I2N. The normalized spacial score (nSPS) is 19.1. The van der Waals surface area contributed by atoms with E-state index in [0.717, 1.165) is 10.3 Å². The number of rotatable bonds is 0. The highest BCUT2D eigenvalue weighted by Crippen LogP contribution is 2.17. The van der Waals surface area contributed by atoms with Crippen molar-refractivity contribution in [1.29, 1.82) is 0 Å². The molecule has 0 saturated heterocycles. The van der Waals surface area contributed by atoms with Gasteiger partial charge in [-0.15, -0.1) is 0 Å². The Balaban J connectivity index is 2.78. The standard InChI is InChI=1S/C4H3I2N/c5-3-1-2-7-4(3)6/h1H,2H2. The third-order valence-corrected chi connectivity index (χ3v) is 3.60. The molecule has 1 aliphatic rings. The van der Waals surface area contributed by atoms with E-state index >= 15 is 0 Å². The van der Waals surface area contributed by atoms with E-state index in [0.29, 0.717) is 0 Å². The highest BCUT2D eigenvalue weighted by atomic mass is 127. The van der Waals surface area contributed by atoms with Crippen LogP contribution in [0.3, 0.4) is 0 Å². The Morgan fingerprint density at radius 1 is 1.57 bits per heavy atom. The van der Waals surface area contributed by atoms with Gasteiger partial charge >= 0.3 is 0 Å². The van der Waals surface area contributed by atoms with Crippen LogP contribution in [-0.2, 0) is 0 Å². The number of allylic oxidation sites excluding steroid dienone is 1. The highest BCUT2D eigenvalue weighted by Gasteiger charge is 2.01. The summed E-state index contributed by atoms with van der Waals surface area (Å²) in [5, 5.41) is 0. The summed E-state index contributed by atoms with van der Waals surface area (Å²) in [7, 11) is 0. The molecule has 0 saturated carbocycles. The second kappa shape index (κ2) is 2.43. The van der Waals surface area contributed by atoms with Crippen LogP contribution in [0.25, 0.3) is 0 Å². The van der Waals surface area contributed by atoms with Gasteiger partial charge in [-0.3, -0.25) is 4.99 Å². The van der Waals surface area contributed by atoms with Crippen molar-refractivity contribution >= 4 is 48.9 Å². The smallest absolute Gasteiger partial charge is 0.109 e. The van der Waals surface area contributed by atoms with Crippen LogP contribution in [0.5, 0.6) is 0 Å². The predicted molar refractivity (Wildman–Crippen MR) is 48.4 cm³/mol. The van der Waals surface area contributed by atoms with Crippen molar-refractivity contribution in [3.8, 4) is 0 Å². The Labute approximate surface area is 69.6 Å². The molecule has 7 heavy (non-hydrogen) atoms. The summed E-state index contributed by atoms with van der Waals surface area (Å²) in [6, 6.07) is 0. The minimum atomic E-state index is 0.885. The van der Waals surface area contributed by atoms with E-state index in [2.05, 4.69) is 56.3 Å². The molecule has 0 radical (unpaired) electrons. The van der Waals surface area contributed by atoms with Crippen LogP contribution in [-0.4, -0.2) is 10.3 Å². The first-order chi connectivity index (χ1) is 3.30. The predicted octanol–water partition coefficient (Wildman–Crippen LogP) is 2.15. The highest BCUT2D eigenvalue weighted by molar-refractivity contribution is 14.1. The molecule has 0 unspecified atom stereocenters. The Morgan fingerprint density at radius 3 is 2.43 bits per heavy atom. The topological polar surface area (TPSA) is 12.4 Å².